The molecule has 0 unspecified atom stereocenters. The van der Waals surface area contributed by atoms with Crippen molar-refractivity contribution in [2.75, 3.05) is 25.1 Å². The van der Waals surface area contributed by atoms with Gasteiger partial charge in [-0.25, -0.2) is 9.97 Å². The van der Waals surface area contributed by atoms with Crippen molar-refractivity contribution in [2.24, 2.45) is 5.41 Å². The van der Waals surface area contributed by atoms with E-state index in [1.54, 1.807) is 19.4 Å². The molecule has 206 valence electrons. The number of hydrogen-bond donors (Lipinski definition) is 2. The lowest BCUT2D eigenvalue weighted by Gasteiger charge is -2.31. The fourth-order valence-corrected chi connectivity index (χ4v) is 4.79. The minimum absolute atomic E-state index is 0.107. The van der Waals surface area contributed by atoms with Gasteiger partial charge < -0.3 is 15.0 Å². The van der Waals surface area contributed by atoms with Crippen molar-refractivity contribution in [3.8, 4) is 11.8 Å². The third-order valence-corrected chi connectivity index (χ3v) is 7.47. The van der Waals surface area contributed by atoms with Crippen molar-refractivity contribution in [1.82, 2.24) is 35.5 Å². The zero-order valence-electron chi connectivity index (χ0n) is 21.5. The summed E-state index contributed by atoms with van der Waals surface area (Å²) in [6.07, 6.45) is 0.844. The first-order valence-electron chi connectivity index (χ1n) is 12.8. The van der Waals surface area contributed by atoms with Gasteiger partial charge in [-0.2, -0.15) is 33.5 Å². The number of fused-ring (bicyclic) bond motifs is 1. The Morgan fingerprint density at radius 2 is 2.05 bits per heavy atom. The summed E-state index contributed by atoms with van der Waals surface area (Å²) < 4.78 is 44.6. The Morgan fingerprint density at radius 3 is 2.69 bits per heavy atom. The standard InChI is InChI=1S/C25H28F3N9O2/c1-14(25(26,27)28)31-22(38)21-32-17(3-7-24(13-29)8-9-24)33-23(34-21)37-11-5-15(6-12-37)19-18-16(39-2)4-10-30-20(18)36-35-19/h4,10,14-15H,3,5-9,11-12H2,1-2H3,(H,31,38)(H,30,35,36)/t14-/m0/s1. The fraction of sp³-hybridized carbons (Fsp3) is 0.560. The minimum Gasteiger partial charge on any atom is -0.496 e. The van der Waals surface area contributed by atoms with Crippen LogP contribution < -0.4 is 15.0 Å². The van der Waals surface area contributed by atoms with Crippen LogP contribution in [-0.2, 0) is 6.42 Å². The number of aryl methyl sites for hydroxylation is 1. The van der Waals surface area contributed by atoms with Crippen molar-refractivity contribution in [2.45, 2.75) is 63.6 Å². The zero-order valence-corrected chi connectivity index (χ0v) is 21.5. The number of amides is 1. The molecule has 39 heavy (non-hydrogen) atoms. The van der Waals surface area contributed by atoms with E-state index < -0.39 is 23.5 Å². The van der Waals surface area contributed by atoms with Crippen molar-refractivity contribution >= 4 is 22.9 Å². The van der Waals surface area contributed by atoms with E-state index in [-0.39, 0.29) is 23.5 Å². The van der Waals surface area contributed by atoms with Gasteiger partial charge in [0.05, 0.1) is 29.7 Å². The molecule has 1 saturated carbocycles. The summed E-state index contributed by atoms with van der Waals surface area (Å²) in [7, 11) is 1.59. The summed E-state index contributed by atoms with van der Waals surface area (Å²) in [4.78, 5) is 31.9. The van der Waals surface area contributed by atoms with Gasteiger partial charge in [-0.15, -0.1) is 0 Å². The van der Waals surface area contributed by atoms with E-state index in [1.165, 1.54) is 0 Å². The SMILES string of the molecule is COc1ccnc2[nH]nc(C3CCN(c4nc(CCC5(C#N)CC5)nc(C(=O)N[C@@H](C)C(F)(F)F)n4)CC3)c12. The number of nitrogens with zero attached hydrogens (tertiary/aromatic N) is 7. The number of anilines is 1. The summed E-state index contributed by atoms with van der Waals surface area (Å²) in [6.45, 7) is 1.93. The average Bonchev–Trinajstić information content (AvgIpc) is 3.60. The number of carbonyl (C=O) groups excluding carboxylic acids is 1. The number of piperidine rings is 1. The average molecular weight is 544 g/mol. The maximum absolute atomic E-state index is 13.0. The second-order valence-electron chi connectivity index (χ2n) is 10.1. The Hall–Kier alpha value is -4.02. The summed E-state index contributed by atoms with van der Waals surface area (Å²) in [5.41, 5.74) is 1.09. The molecule has 1 atom stereocenters. The van der Waals surface area contributed by atoms with Crippen LogP contribution in [0.15, 0.2) is 12.3 Å². The van der Waals surface area contributed by atoms with Gasteiger partial charge >= 0.3 is 6.18 Å². The zero-order chi connectivity index (χ0) is 27.8. The van der Waals surface area contributed by atoms with E-state index in [1.807, 2.05) is 10.2 Å². The predicted octanol–water partition coefficient (Wildman–Crippen LogP) is 3.45. The summed E-state index contributed by atoms with van der Waals surface area (Å²) in [5.74, 6) is -0.0930. The molecule has 5 rings (SSSR count). The van der Waals surface area contributed by atoms with Crippen LogP contribution >= 0.6 is 0 Å². The van der Waals surface area contributed by atoms with Crippen LogP contribution in [0, 0.1) is 16.7 Å². The second kappa shape index (κ2) is 10.3. The van der Waals surface area contributed by atoms with Gasteiger partial charge in [0, 0.05) is 31.6 Å². The maximum Gasteiger partial charge on any atom is 0.408 e. The number of rotatable bonds is 8. The van der Waals surface area contributed by atoms with Crippen molar-refractivity contribution in [1.29, 1.82) is 5.26 Å². The fourth-order valence-electron chi connectivity index (χ4n) is 4.79. The molecule has 1 aliphatic heterocycles. The third kappa shape index (κ3) is 5.57. The van der Waals surface area contributed by atoms with E-state index >= 15 is 0 Å². The molecular formula is C25H28F3N9O2. The van der Waals surface area contributed by atoms with E-state index in [2.05, 4.69) is 36.2 Å². The van der Waals surface area contributed by atoms with Crippen LogP contribution in [0.5, 0.6) is 5.75 Å². The number of methoxy groups -OCH3 is 1. The number of pyridine rings is 1. The summed E-state index contributed by atoms with van der Waals surface area (Å²) in [5, 5.41) is 19.6. The Kier molecular flexibility index (Phi) is 7.00. The Bertz CT molecular complexity index is 1410. The van der Waals surface area contributed by atoms with Gasteiger partial charge in [-0.3, -0.25) is 9.89 Å². The van der Waals surface area contributed by atoms with Gasteiger partial charge in [0.2, 0.25) is 11.8 Å². The first-order valence-corrected chi connectivity index (χ1v) is 12.8. The number of ether oxygens (including phenoxy) is 1. The third-order valence-electron chi connectivity index (χ3n) is 7.47. The van der Waals surface area contributed by atoms with E-state index in [0.717, 1.165) is 30.8 Å². The molecule has 0 aromatic carbocycles. The number of aromatic nitrogens is 6. The first-order chi connectivity index (χ1) is 18.6. The largest absolute Gasteiger partial charge is 0.496 e. The lowest BCUT2D eigenvalue weighted by atomic mass is 9.92. The lowest BCUT2D eigenvalue weighted by Crippen LogP contribution is -2.44. The quantitative estimate of drug-likeness (QED) is 0.436. The van der Waals surface area contributed by atoms with Crippen LogP contribution in [-0.4, -0.2) is 68.5 Å². The molecule has 0 spiro atoms. The Morgan fingerprint density at radius 1 is 1.31 bits per heavy atom. The molecular weight excluding hydrogens is 515 g/mol. The maximum atomic E-state index is 13.0. The van der Waals surface area contributed by atoms with Crippen LogP contribution in [0.4, 0.5) is 19.1 Å². The number of alkyl halides is 3. The molecule has 14 heteroatoms. The van der Waals surface area contributed by atoms with Crippen LogP contribution in [0.1, 0.15) is 67.1 Å². The second-order valence-corrected chi connectivity index (χ2v) is 10.1. The number of nitriles is 1. The molecule has 2 aliphatic rings. The molecule has 4 heterocycles. The first kappa shape index (κ1) is 26.6. The lowest BCUT2D eigenvalue weighted by molar-refractivity contribution is -0.149. The van der Waals surface area contributed by atoms with Gasteiger partial charge in [0.1, 0.15) is 17.6 Å². The summed E-state index contributed by atoms with van der Waals surface area (Å²) in [6, 6.07) is 2.03. The number of halogens is 3. The van der Waals surface area contributed by atoms with Gasteiger partial charge in [0.15, 0.2) is 5.65 Å². The van der Waals surface area contributed by atoms with E-state index in [9.17, 15) is 23.2 Å². The molecule has 1 amide bonds. The highest BCUT2D eigenvalue weighted by Crippen LogP contribution is 2.48. The highest BCUT2D eigenvalue weighted by atomic mass is 19.4. The smallest absolute Gasteiger partial charge is 0.408 e. The van der Waals surface area contributed by atoms with Crippen molar-refractivity contribution in [3.63, 3.8) is 0 Å². The predicted molar refractivity (Wildman–Crippen MR) is 133 cm³/mol. The molecule has 1 aliphatic carbocycles. The van der Waals surface area contributed by atoms with E-state index in [0.29, 0.717) is 50.2 Å². The molecule has 2 fully saturated rings. The highest BCUT2D eigenvalue weighted by molar-refractivity contribution is 5.91. The number of aromatic amines is 1. The molecule has 3 aromatic rings. The minimum atomic E-state index is -4.60. The topological polar surface area (TPSA) is 146 Å². The van der Waals surface area contributed by atoms with E-state index in [4.69, 9.17) is 4.74 Å². The monoisotopic (exact) mass is 543 g/mol. The number of nitrogens with one attached hydrogen (secondary N) is 2. The van der Waals surface area contributed by atoms with Crippen LogP contribution in [0.3, 0.4) is 0 Å². The molecule has 11 nitrogen and oxygen atoms in total. The van der Waals surface area contributed by atoms with Crippen LogP contribution in [0.2, 0.25) is 0 Å². The van der Waals surface area contributed by atoms with Crippen molar-refractivity contribution in [3.05, 3.63) is 29.6 Å². The van der Waals surface area contributed by atoms with Gasteiger partial charge in [0.25, 0.3) is 5.91 Å². The number of carbonyl (C=O) groups is 1. The molecule has 0 radical (unpaired) electrons. The normalized spacial score (nSPS) is 18.0. The highest BCUT2D eigenvalue weighted by Gasteiger charge is 2.43. The molecule has 0 bridgehead atoms. The Labute approximate surface area is 222 Å². The number of hydrogen-bond acceptors (Lipinski definition) is 9. The molecule has 2 N–H and O–H groups in total. The molecule has 1 saturated heterocycles. The Balaban J connectivity index is 1.36. The molecule has 3 aromatic heterocycles. The summed E-state index contributed by atoms with van der Waals surface area (Å²) >= 11 is 0. The number of H-pyrrole nitrogens is 1. The van der Waals surface area contributed by atoms with Gasteiger partial charge in [-0.05, 0) is 45.1 Å². The van der Waals surface area contributed by atoms with Crippen molar-refractivity contribution < 1.29 is 22.7 Å². The van der Waals surface area contributed by atoms with Crippen LogP contribution in [0.25, 0.3) is 11.0 Å². The van der Waals surface area contributed by atoms with Gasteiger partial charge in [-0.1, -0.05) is 0 Å².